The molecule has 0 bridgehead atoms. The second kappa shape index (κ2) is 5.72. The van der Waals surface area contributed by atoms with Crippen LogP contribution in [0, 0.1) is 25.2 Å². The molecule has 114 valence electrons. The summed E-state index contributed by atoms with van der Waals surface area (Å²) in [5, 5.41) is 26.2. The van der Waals surface area contributed by atoms with E-state index in [0.29, 0.717) is 17.3 Å². The SMILES string of the molecule is Cc1nnc(N2CCCC(c3cn(C)nn3)C2)c(C#N)c1C. The third-order valence-electron chi connectivity index (χ3n) is 4.31. The van der Waals surface area contributed by atoms with E-state index in [0.717, 1.165) is 42.9 Å². The Morgan fingerprint density at radius 2 is 2.09 bits per heavy atom. The lowest BCUT2D eigenvalue weighted by molar-refractivity contribution is 0.496. The van der Waals surface area contributed by atoms with E-state index >= 15 is 0 Å². The molecule has 0 spiro atoms. The van der Waals surface area contributed by atoms with Gasteiger partial charge in [-0.1, -0.05) is 5.21 Å². The average molecular weight is 297 g/mol. The van der Waals surface area contributed by atoms with Gasteiger partial charge in [-0.3, -0.25) is 4.68 Å². The van der Waals surface area contributed by atoms with E-state index in [9.17, 15) is 5.26 Å². The molecular formula is C15H19N7. The third-order valence-corrected chi connectivity index (χ3v) is 4.31. The van der Waals surface area contributed by atoms with Crippen molar-refractivity contribution < 1.29 is 0 Å². The minimum atomic E-state index is 0.317. The second-order valence-electron chi connectivity index (χ2n) is 5.82. The van der Waals surface area contributed by atoms with Gasteiger partial charge < -0.3 is 4.90 Å². The van der Waals surface area contributed by atoms with Crippen molar-refractivity contribution in [2.75, 3.05) is 18.0 Å². The summed E-state index contributed by atoms with van der Waals surface area (Å²) in [6, 6.07) is 2.28. The van der Waals surface area contributed by atoms with Crippen molar-refractivity contribution in [2.45, 2.75) is 32.6 Å². The van der Waals surface area contributed by atoms with Crippen LogP contribution in [0.2, 0.25) is 0 Å². The van der Waals surface area contributed by atoms with Crippen molar-refractivity contribution in [3.63, 3.8) is 0 Å². The highest BCUT2D eigenvalue weighted by atomic mass is 15.4. The highest BCUT2D eigenvalue weighted by Gasteiger charge is 2.27. The van der Waals surface area contributed by atoms with E-state index in [4.69, 9.17) is 0 Å². The molecule has 0 saturated carbocycles. The summed E-state index contributed by atoms with van der Waals surface area (Å²) in [5.41, 5.74) is 3.35. The molecule has 0 amide bonds. The Balaban J connectivity index is 1.90. The van der Waals surface area contributed by atoms with Crippen molar-refractivity contribution in [1.82, 2.24) is 25.2 Å². The number of piperidine rings is 1. The van der Waals surface area contributed by atoms with E-state index in [2.05, 4.69) is 31.5 Å². The van der Waals surface area contributed by atoms with Gasteiger partial charge in [0.25, 0.3) is 0 Å². The molecule has 22 heavy (non-hydrogen) atoms. The Morgan fingerprint density at radius 1 is 1.27 bits per heavy atom. The molecule has 2 aromatic rings. The number of anilines is 1. The number of nitriles is 1. The van der Waals surface area contributed by atoms with Gasteiger partial charge in [0.2, 0.25) is 0 Å². The summed E-state index contributed by atoms with van der Waals surface area (Å²) in [5.74, 6) is 1.01. The summed E-state index contributed by atoms with van der Waals surface area (Å²) in [6.45, 7) is 5.49. The predicted molar refractivity (Wildman–Crippen MR) is 81.4 cm³/mol. The van der Waals surface area contributed by atoms with E-state index in [-0.39, 0.29) is 0 Å². The van der Waals surface area contributed by atoms with Gasteiger partial charge in [-0.2, -0.15) is 10.4 Å². The highest BCUT2D eigenvalue weighted by Crippen LogP contribution is 2.30. The zero-order valence-electron chi connectivity index (χ0n) is 13.1. The van der Waals surface area contributed by atoms with Crippen molar-refractivity contribution in [3.05, 3.63) is 28.7 Å². The standard InChI is InChI=1S/C15H19N7/c1-10-11(2)17-19-15(13(10)7-16)22-6-4-5-12(8-22)14-9-21(3)20-18-14/h9,12H,4-6,8H2,1-3H3. The molecule has 1 unspecified atom stereocenters. The van der Waals surface area contributed by atoms with Gasteiger partial charge in [0, 0.05) is 32.3 Å². The molecule has 0 N–H and O–H groups in total. The summed E-state index contributed by atoms with van der Waals surface area (Å²) in [7, 11) is 1.87. The Morgan fingerprint density at radius 3 is 2.77 bits per heavy atom. The molecule has 0 aliphatic carbocycles. The predicted octanol–water partition coefficient (Wildman–Crippen LogP) is 1.48. The van der Waals surface area contributed by atoms with Crippen LogP contribution >= 0.6 is 0 Å². The van der Waals surface area contributed by atoms with Crippen LogP contribution in [0.15, 0.2) is 6.20 Å². The Hall–Kier alpha value is -2.49. The van der Waals surface area contributed by atoms with Crippen LogP contribution in [0.5, 0.6) is 0 Å². The van der Waals surface area contributed by atoms with E-state index in [1.54, 1.807) is 4.68 Å². The molecule has 1 atom stereocenters. The number of hydrogen-bond donors (Lipinski definition) is 0. The highest BCUT2D eigenvalue weighted by molar-refractivity contribution is 5.57. The van der Waals surface area contributed by atoms with Crippen molar-refractivity contribution >= 4 is 5.82 Å². The first kappa shape index (κ1) is 14.4. The van der Waals surface area contributed by atoms with Crippen LogP contribution in [0.4, 0.5) is 5.82 Å². The molecule has 1 saturated heterocycles. The fraction of sp³-hybridized carbons (Fsp3) is 0.533. The Labute approximate surface area is 129 Å². The Kier molecular flexibility index (Phi) is 3.75. The van der Waals surface area contributed by atoms with Crippen LogP contribution in [0.25, 0.3) is 0 Å². The van der Waals surface area contributed by atoms with E-state index in [1.807, 2.05) is 27.1 Å². The average Bonchev–Trinajstić information content (AvgIpc) is 2.96. The number of hydrogen-bond acceptors (Lipinski definition) is 6. The molecule has 7 nitrogen and oxygen atoms in total. The minimum absolute atomic E-state index is 0.317. The molecule has 3 rings (SSSR count). The molecule has 2 aromatic heterocycles. The number of aromatic nitrogens is 5. The maximum atomic E-state index is 9.47. The Bertz CT molecular complexity index is 728. The van der Waals surface area contributed by atoms with E-state index < -0.39 is 0 Å². The number of rotatable bonds is 2. The maximum absolute atomic E-state index is 9.47. The minimum Gasteiger partial charge on any atom is -0.353 e. The van der Waals surface area contributed by atoms with Gasteiger partial charge >= 0.3 is 0 Å². The molecule has 1 aliphatic heterocycles. The van der Waals surface area contributed by atoms with Crippen LogP contribution in [0.3, 0.4) is 0 Å². The zero-order valence-corrected chi connectivity index (χ0v) is 13.1. The van der Waals surface area contributed by atoms with Gasteiger partial charge in [0.1, 0.15) is 11.6 Å². The van der Waals surface area contributed by atoms with Crippen LogP contribution in [0.1, 0.15) is 41.3 Å². The molecule has 7 heteroatoms. The quantitative estimate of drug-likeness (QED) is 0.835. The van der Waals surface area contributed by atoms with Crippen molar-refractivity contribution in [1.29, 1.82) is 5.26 Å². The van der Waals surface area contributed by atoms with Gasteiger partial charge in [-0.05, 0) is 32.3 Å². The maximum Gasteiger partial charge on any atom is 0.169 e. The summed E-state index contributed by atoms with van der Waals surface area (Å²) >= 11 is 0. The summed E-state index contributed by atoms with van der Waals surface area (Å²) < 4.78 is 1.73. The smallest absolute Gasteiger partial charge is 0.169 e. The van der Waals surface area contributed by atoms with Crippen LogP contribution in [-0.2, 0) is 7.05 Å². The molecule has 0 radical (unpaired) electrons. The van der Waals surface area contributed by atoms with Gasteiger partial charge in [0.15, 0.2) is 5.82 Å². The lowest BCUT2D eigenvalue weighted by atomic mass is 9.95. The van der Waals surface area contributed by atoms with E-state index in [1.165, 1.54) is 0 Å². The first-order valence-electron chi connectivity index (χ1n) is 7.45. The topological polar surface area (TPSA) is 83.5 Å². The summed E-state index contributed by atoms with van der Waals surface area (Å²) in [6.07, 6.45) is 4.08. The molecule has 1 aliphatic rings. The first-order chi connectivity index (χ1) is 10.6. The normalized spacial score (nSPS) is 18.3. The summed E-state index contributed by atoms with van der Waals surface area (Å²) in [4.78, 5) is 2.15. The fourth-order valence-corrected chi connectivity index (χ4v) is 2.91. The monoisotopic (exact) mass is 297 g/mol. The van der Waals surface area contributed by atoms with Crippen LogP contribution in [-0.4, -0.2) is 38.3 Å². The lowest BCUT2D eigenvalue weighted by Crippen LogP contribution is -2.36. The first-order valence-corrected chi connectivity index (χ1v) is 7.45. The lowest BCUT2D eigenvalue weighted by Gasteiger charge is -2.33. The molecule has 0 aromatic carbocycles. The second-order valence-corrected chi connectivity index (χ2v) is 5.82. The fourth-order valence-electron chi connectivity index (χ4n) is 2.91. The number of aryl methyl sites for hydroxylation is 2. The van der Waals surface area contributed by atoms with Crippen LogP contribution < -0.4 is 4.90 Å². The van der Waals surface area contributed by atoms with Gasteiger partial charge in [0.05, 0.1) is 11.4 Å². The van der Waals surface area contributed by atoms with Crippen molar-refractivity contribution in [3.8, 4) is 6.07 Å². The molecule has 1 fully saturated rings. The van der Waals surface area contributed by atoms with Gasteiger partial charge in [-0.15, -0.1) is 10.2 Å². The molecule has 3 heterocycles. The van der Waals surface area contributed by atoms with Crippen molar-refractivity contribution in [2.24, 2.45) is 7.05 Å². The zero-order chi connectivity index (χ0) is 15.7. The largest absolute Gasteiger partial charge is 0.353 e. The third kappa shape index (κ3) is 2.52. The molecular weight excluding hydrogens is 278 g/mol. The number of nitrogens with zero attached hydrogens (tertiary/aromatic N) is 7. The van der Waals surface area contributed by atoms with Gasteiger partial charge in [-0.25, -0.2) is 0 Å².